The van der Waals surface area contributed by atoms with Crippen molar-refractivity contribution in [2.24, 2.45) is 10.9 Å². The number of rotatable bonds is 4. The SMILES string of the molecule is N/C(=N/O)c1cc(F)c(OCc2ccc(Cl)cc2)c(F)c1. The van der Waals surface area contributed by atoms with Gasteiger partial charge in [0.25, 0.3) is 0 Å². The van der Waals surface area contributed by atoms with Crippen LogP contribution in [0, 0.1) is 11.6 Å². The molecule has 7 heteroatoms. The van der Waals surface area contributed by atoms with Crippen molar-refractivity contribution in [1.82, 2.24) is 0 Å². The van der Waals surface area contributed by atoms with Crippen molar-refractivity contribution >= 4 is 17.4 Å². The summed E-state index contributed by atoms with van der Waals surface area (Å²) in [5, 5.41) is 11.7. The maximum absolute atomic E-state index is 13.8. The summed E-state index contributed by atoms with van der Waals surface area (Å²) in [5.74, 6) is -2.80. The van der Waals surface area contributed by atoms with Crippen LogP contribution in [0.5, 0.6) is 5.75 Å². The summed E-state index contributed by atoms with van der Waals surface area (Å²) in [5.41, 5.74) is 5.90. The molecular formula is C14H11ClF2N2O2. The zero-order valence-electron chi connectivity index (χ0n) is 10.7. The lowest BCUT2D eigenvalue weighted by atomic mass is 10.2. The smallest absolute Gasteiger partial charge is 0.191 e. The van der Waals surface area contributed by atoms with E-state index in [1.807, 2.05) is 0 Å². The first kappa shape index (κ1) is 15.1. The van der Waals surface area contributed by atoms with Crippen LogP contribution in [0.1, 0.15) is 11.1 Å². The lowest BCUT2D eigenvalue weighted by Crippen LogP contribution is -2.14. The first-order valence-corrected chi connectivity index (χ1v) is 6.23. The molecule has 21 heavy (non-hydrogen) atoms. The molecule has 0 heterocycles. The van der Waals surface area contributed by atoms with Crippen LogP contribution in [0.3, 0.4) is 0 Å². The van der Waals surface area contributed by atoms with Gasteiger partial charge in [-0.1, -0.05) is 28.9 Å². The molecule has 110 valence electrons. The number of amidine groups is 1. The Labute approximate surface area is 124 Å². The lowest BCUT2D eigenvalue weighted by Gasteiger charge is -2.10. The van der Waals surface area contributed by atoms with Gasteiger partial charge in [0.1, 0.15) is 6.61 Å². The molecule has 0 saturated heterocycles. The number of ether oxygens (including phenoxy) is 1. The minimum absolute atomic E-state index is 0.0199. The Kier molecular flexibility index (Phi) is 4.59. The molecule has 0 amide bonds. The molecule has 0 saturated carbocycles. The van der Waals surface area contributed by atoms with Crippen LogP contribution in [-0.4, -0.2) is 11.0 Å². The van der Waals surface area contributed by atoms with Crippen molar-refractivity contribution < 1.29 is 18.7 Å². The third-order valence-corrected chi connectivity index (χ3v) is 2.95. The summed E-state index contributed by atoms with van der Waals surface area (Å²) in [7, 11) is 0. The zero-order valence-corrected chi connectivity index (χ0v) is 11.4. The Hall–Kier alpha value is -2.34. The van der Waals surface area contributed by atoms with E-state index in [0.29, 0.717) is 10.6 Å². The third-order valence-electron chi connectivity index (χ3n) is 2.70. The molecule has 0 fully saturated rings. The third kappa shape index (κ3) is 3.61. The van der Waals surface area contributed by atoms with Crippen LogP contribution in [0.15, 0.2) is 41.6 Å². The molecule has 0 aromatic heterocycles. The van der Waals surface area contributed by atoms with E-state index in [-0.39, 0.29) is 12.2 Å². The normalized spacial score (nSPS) is 11.5. The number of nitrogens with zero attached hydrogens (tertiary/aromatic N) is 1. The molecule has 0 radical (unpaired) electrons. The van der Waals surface area contributed by atoms with E-state index in [1.165, 1.54) is 0 Å². The first-order valence-electron chi connectivity index (χ1n) is 5.85. The van der Waals surface area contributed by atoms with Crippen LogP contribution < -0.4 is 10.5 Å². The molecule has 3 N–H and O–H groups in total. The number of benzene rings is 2. The van der Waals surface area contributed by atoms with E-state index in [0.717, 1.165) is 12.1 Å². The highest BCUT2D eigenvalue weighted by atomic mass is 35.5. The van der Waals surface area contributed by atoms with Gasteiger partial charge in [0.05, 0.1) is 0 Å². The second-order valence-corrected chi connectivity index (χ2v) is 4.61. The van der Waals surface area contributed by atoms with Crippen molar-refractivity contribution in [3.05, 3.63) is 64.2 Å². The topological polar surface area (TPSA) is 67.8 Å². The van der Waals surface area contributed by atoms with Crippen molar-refractivity contribution in [3.8, 4) is 5.75 Å². The van der Waals surface area contributed by atoms with Gasteiger partial charge in [0.2, 0.25) is 0 Å². The molecular weight excluding hydrogens is 302 g/mol. The van der Waals surface area contributed by atoms with Gasteiger partial charge in [-0.05, 0) is 29.8 Å². The molecule has 0 spiro atoms. The summed E-state index contributed by atoms with van der Waals surface area (Å²) in [6.45, 7) is -0.0199. The van der Waals surface area contributed by atoms with Crippen LogP contribution in [0.25, 0.3) is 0 Å². The van der Waals surface area contributed by atoms with Crippen LogP contribution in [-0.2, 0) is 6.61 Å². The van der Waals surface area contributed by atoms with Gasteiger partial charge in [-0.15, -0.1) is 0 Å². The first-order chi connectivity index (χ1) is 10.0. The van der Waals surface area contributed by atoms with Gasteiger partial charge in [-0.25, -0.2) is 8.78 Å². The maximum Gasteiger partial charge on any atom is 0.191 e. The molecule has 4 nitrogen and oxygen atoms in total. The zero-order chi connectivity index (χ0) is 15.4. The Bertz CT molecular complexity index is 652. The molecule has 0 atom stereocenters. The number of hydrogen-bond acceptors (Lipinski definition) is 3. The monoisotopic (exact) mass is 312 g/mol. The van der Waals surface area contributed by atoms with E-state index in [4.69, 9.17) is 27.3 Å². The molecule has 0 aliphatic rings. The largest absolute Gasteiger partial charge is 0.483 e. The van der Waals surface area contributed by atoms with Crippen molar-refractivity contribution in [2.75, 3.05) is 0 Å². The summed E-state index contributed by atoms with van der Waals surface area (Å²) in [4.78, 5) is 0. The fourth-order valence-electron chi connectivity index (χ4n) is 1.64. The molecule has 2 aromatic carbocycles. The minimum Gasteiger partial charge on any atom is -0.483 e. The van der Waals surface area contributed by atoms with Crippen LogP contribution >= 0.6 is 11.6 Å². The lowest BCUT2D eigenvalue weighted by molar-refractivity contribution is 0.274. The van der Waals surface area contributed by atoms with Gasteiger partial charge in [0, 0.05) is 10.6 Å². The molecule has 0 aliphatic heterocycles. The summed E-state index contributed by atoms with van der Waals surface area (Å²) < 4.78 is 32.7. The number of halogens is 3. The Morgan fingerprint density at radius 3 is 2.29 bits per heavy atom. The quantitative estimate of drug-likeness (QED) is 0.394. The van der Waals surface area contributed by atoms with Gasteiger partial charge in [-0.2, -0.15) is 0 Å². The van der Waals surface area contributed by atoms with Gasteiger partial charge in [0.15, 0.2) is 23.2 Å². The van der Waals surface area contributed by atoms with E-state index in [1.54, 1.807) is 24.3 Å². The Balaban J connectivity index is 2.19. The second-order valence-electron chi connectivity index (χ2n) is 4.17. The highest BCUT2D eigenvalue weighted by Gasteiger charge is 2.14. The summed E-state index contributed by atoms with van der Waals surface area (Å²) in [6.07, 6.45) is 0. The van der Waals surface area contributed by atoms with Crippen LogP contribution in [0.2, 0.25) is 5.02 Å². The maximum atomic E-state index is 13.8. The van der Waals surface area contributed by atoms with Crippen molar-refractivity contribution in [1.29, 1.82) is 0 Å². The molecule has 0 unspecified atom stereocenters. The van der Waals surface area contributed by atoms with Crippen LogP contribution in [0.4, 0.5) is 8.78 Å². The standard InChI is InChI=1S/C14H11ClF2N2O2/c15-10-3-1-8(2-4-10)7-21-13-11(16)5-9(6-12(13)17)14(18)19-20/h1-6,20H,7H2,(H2,18,19). The fourth-order valence-corrected chi connectivity index (χ4v) is 1.77. The molecule has 2 aromatic rings. The molecule has 0 aliphatic carbocycles. The number of nitrogens with two attached hydrogens (primary N) is 1. The number of hydrogen-bond donors (Lipinski definition) is 2. The average Bonchev–Trinajstić information content (AvgIpc) is 2.47. The highest BCUT2D eigenvalue weighted by Crippen LogP contribution is 2.24. The number of oxime groups is 1. The van der Waals surface area contributed by atoms with E-state index >= 15 is 0 Å². The summed E-state index contributed by atoms with van der Waals surface area (Å²) in [6, 6.07) is 8.51. The Morgan fingerprint density at radius 1 is 1.19 bits per heavy atom. The minimum atomic E-state index is -0.939. The van der Waals surface area contributed by atoms with Gasteiger partial charge in [-0.3, -0.25) is 0 Å². The highest BCUT2D eigenvalue weighted by molar-refractivity contribution is 6.30. The average molecular weight is 313 g/mol. The van der Waals surface area contributed by atoms with E-state index < -0.39 is 23.2 Å². The molecule has 0 bridgehead atoms. The predicted octanol–water partition coefficient (Wildman–Crippen LogP) is 3.29. The van der Waals surface area contributed by atoms with Crippen molar-refractivity contribution in [3.63, 3.8) is 0 Å². The predicted molar refractivity (Wildman–Crippen MR) is 74.7 cm³/mol. The van der Waals surface area contributed by atoms with Crippen molar-refractivity contribution in [2.45, 2.75) is 6.61 Å². The molecule has 2 rings (SSSR count). The van der Waals surface area contributed by atoms with Gasteiger partial charge < -0.3 is 15.7 Å². The second kappa shape index (κ2) is 6.41. The fraction of sp³-hybridized carbons (Fsp3) is 0.0714. The van der Waals surface area contributed by atoms with Gasteiger partial charge >= 0.3 is 0 Å². The van der Waals surface area contributed by atoms with E-state index in [9.17, 15) is 8.78 Å². The summed E-state index contributed by atoms with van der Waals surface area (Å²) >= 11 is 5.74. The Morgan fingerprint density at radius 2 is 1.76 bits per heavy atom. The van der Waals surface area contributed by atoms with E-state index in [2.05, 4.69) is 5.16 Å².